The third kappa shape index (κ3) is 4.20. The molecule has 0 saturated carbocycles. The topological polar surface area (TPSA) is 88.8 Å². The van der Waals surface area contributed by atoms with E-state index in [4.69, 9.17) is 14.3 Å². The highest BCUT2D eigenvalue weighted by Crippen LogP contribution is 2.08. The number of hydrogen-bond donors (Lipinski definition) is 2. The van der Waals surface area contributed by atoms with E-state index in [-0.39, 0.29) is 13.2 Å². The Labute approximate surface area is 127 Å². The summed E-state index contributed by atoms with van der Waals surface area (Å²) in [4.78, 5) is 23.8. The van der Waals surface area contributed by atoms with E-state index < -0.39 is 18.0 Å². The van der Waals surface area contributed by atoms with Crippen LogP contribution in [0, 0.1) is 0 Å². The van der Waals surface area contributed by atoms with Crippen LogP contribution in [0.1, 0.15) is 28.6 Å². The average Bonchev–Trinajstić information content (AvgIpc) is 3.06. The molecule has 6 nitrogen and oxygen atoms in total. The van der Waals surface area contributed by atoms with Gasteiger partial charge in [-0.15, -0.1) is 0 Å². The highest BCUT2D eigenvalue weighted by molar-refractivity contribution is 5.92. The average molecular weight is 303 g/mol. The van der Waals surface area contributed by atoms with Crippen LogP contribution in [-0.2, 0) is 22.7 Å². The Kier molecular flexibility index (Phi) is 5.32. The molecular formula is C16H17NO5. The summed E-state index contributed by atoms with van der Waals surface area (Å²) in [5.41, 5.74) is 1.02. The summed E-state index contributed by atoms with van der Waals surface area (Å²) in [6.07, 6.45) is 0.598. The van der Waals surface area contributed by atoms with E-state index in [9.17, 15) is 9.59 Å². The van der Waals surface area contributed by atoms with Crippen LogP contribution in [0.4, 0.5) is 0 Å². The zero-order chi connectivity index (χ0) is 15.9. The Morgan fingerprint density at radius 1 is 1.27 bits per heavy atom. The zero-order valence-corrected chi connectivity index (χ0v) is 12.1. The molecule has 1 aromatic heterocycles. The van der Waals surface area contributed by atoms with Crippen LogP contribution in [0.15, 0.2) is 47.1 Å². The number of ether oxygens (including phenoxy) is 1. The Hall–Kier alpha value is -2.60. The van der Waals surface area contributed by atoms with Gasteiger partial charge < -0.3 is 19.6 Å². The molecule has 0 aliphatic heterocycles. The van der Waals surface area contributed by atoms with Crippen molar-refractivity contribution in [3.63, 3.8) is 0 Å². The number of amides is 1. The van der Waals surface area contributed by atoms with Crippen molar-refractivity contribution < 1.29 is 23.8 Å². The van der Waals surface area contributed by atoms with E-state index in [0.29, 0.717) is 16.9 Å². The number of carbonyl (C=O) groups excluding carboxylic acids is 2. The molecule has 0 fully saturated rings. The number of benzene rings is 1. The first kappa shape index (κ1) is 15.8. The lowest BCUT2D eigenvalue weighted by Gasteiger charge is -2.13. The fraction of sp³-hybridized carbons (Fsp3) is 0.250. The first-order valence-corrected chi connectivity index (χ1v) is 6.81. The molecular weight excluding hydrogens is 286 g/mol. The smallest absolute Gasteiger partial charge is 0.338 e. The molecule has 1 atom stereocenters. The molecule has 116 valence electrons. The van der Waals surface area contributed by atoms with Crippen LogP contribution in [-0.4, -0.2) is 23.1 Å². The lowest BCUT2D eigenvalue weighted by molar-refractivity contribution is -0.129. The molecule has 6 heteroatoms. The van der Waals surface area contributed by atoms with E-state index in [1.165, 1.54) is 13.2 Å². The Morgan fingerprint density at radius 2 is 2.00 bits per heavy atom. The van der Waals surface area contributed by atoms with Gasteiger partial charge in [0.15, 0.2) is 6.10 Å². The summed E-state index contributed by atoms with van der Waals surface area (Å²) in [5.74, 6) is -0.381. The molecule has 1 amide bonds. The van der Waals surface area contributed by atoms with Gasteiger partial charge in [-0.05, 0) is 36.8 Å². The van der Waals surface area contributed by atoms with Gasteiger partial charge in [0, 0.05) is 0 Å². The molecule has 2 aromatic rings. The van der Waals surface area contributed by atoms with Crippen LogP contribution in [0.5, 0.6) is 0 Å². The van der Waals surface area contributed by atoms with Crippen molar-refractivity contribution in [2.75, 3.05) is 0 Å². The number of nitrogens with one attached hydrogen (secondary N) is 1. The van der Waals surface area contributed by atoms with Gasteiger partial charge in [0.05, 0.1) is 25.0 Å². The maximum Gasteiger partial charge on any atom is 0.338 e. The minimum atomic E-state index is -0.917. The monoisotopic (exact) mass is 303 g/mol. The molecule has 22 heavy (non-hydrogen) atoms. The highest BCUT2D eigenvalue weighted by Gasteiger charge is 2.18. The molecule has 0 radical (unpaired) electrons. The van der Waals surface area contributed by atoms with Gasteiger partial charge >= 0.3 is 5.97 Å². The summed E-state index contributed by atoms with van der Waals surface area (Å²) in [6.45, 7) is 1.64. The van der Waals surface area contributed by atoms with Crippen LogP contribution in [0.25, 0.3) is 0 Å². The predicted molar refractivity (Wildman–Crippen MR) is 77.8 cm³/mol. The largest absolute Gasteiger partial charge is 0.467 e. The first-order valence-electron chi connectivity index (χ1n) is 6.81. The second kappa shape index (κ2) is 7.42. The molecule has 0 saturated heterocycles. The molecule has 2 N–H and O–H groups in total. The molecule has 2 rings (SSSR count). The number of esters is 1. The fourth-order valence-corrected chi connectivity index (χ4v) is 1.76. The number of carbonyl (C=O) groups is 2. The summed E-state index contributed by atoms with van der Waals surface area (Å²) >= 11 is 0. The van der Waals surface area contributed by atoms with E-state index in [1.807, 2.05) is 0 Å². The molecule has 1 aromatic carbocycles. The van der Waals surface area contributed by atoms with Crippen LogP contribution in [0.2, 0.25) is 0 Å². The van der Waals surface area contributed by atoms with Crippen molar-refractivity contribution >= 4 is 11.9 Å². The first-order chi connectivity index (χ1) is 10.6. The number of aliphatic hydroxyl groups excluding tert-OH is 1. The Bertz CT molecular complexity index is 618. The Morgan fingerprint density at radius 3 is 2.59 bits per heavy atom. The molecule has 0 spiro atoms. The second-order valence-electron chi connectivity index (χ2n) is 4.70. The molecule has 0 unspecified atom stereocenters. The van der Waals surface area contributed by atoms with E-state index in [2.05, 4.69) is 5.32 Å². The quantitative estimate of drug-likeness (QED) is 0.792. The van der Waals surface area contributed by atoms with Crippen molar-refractivity contribution in [2.24, 2.45) is 0 Å². The Balaban J connectivity index is 1.85. The van der Waals surface area contributed by atoms with Crippen molar-refractivity contribution in [3.05, 3.63) is 59.5 Å². The lowest BCUT2D eigenvalue weighted by atomic mass is 10.1. The minimum Gasteiger partial charge on any atom is -0.467 e. The van der Waals surface area contributed by atoms with E-state index >= 15 is 0 Å². The molecule has 0 bridgehead atoms. The van der Waals surface area contributed by atoms with Crippen LogP contribution < -0.4 is 5.32 Å². The van der Waals surface area contributed by atoms with Gasteiger partial charge in [0.2, 0.25) is 0 Å². The summed E-state index contributed by atoms with van der Waals surface area (Å²) in [6, 6.07) is 9.79. The standard InChI is InChI=1S/C16H17NO5/c1-11(15(19)17-9-14-3-2-8-21-14)22-16(20)13-6-4-12(10-18)5-7-13/h2-8,11,18H,9-10H2,1H3,(H,17,19)/t11-/m1/s1. The van der Waals surface area contributed by atoms with Crippen LogP contribution >= 0.6 is 0 Å². The van der Waals surface area contributed by atoms with Crippen molar-refractivity contribution in [3.8, 4) is 0 Å². The molecule has 1 heterocycles. The summed E-state index contributed by atoms with van der Waals surface area (Å²) in [7, 11) is 0. The minimum absolute atomic E-state index is 0.0963. The van der Waals surface area contributed by atoms with Gasteiger partial charge in [-0.1, -0.05) is 12.1 Å². The van der Waals surface area contributed by atoms with Crippen LogP contribution in [0.3, 0.4) is 0 Å². The maximum absolute atomic E-state index is 11.9. The van der Waals surface area contributed by atoms with E-state index in [1.54, 1.807) is 36.4 Å². The predicted octanol–water partition coefficient (Wildman–Crippen LogP) is 1.63. The number of rotatable bonds is 6. The third-order valence-corrected chi connectivity index (χ3v) is 3.04. The molecule has 0 aliphatic carbocycles. The number of hydrogen-bond acceptors (Lipinski definition) is 5. The van der Waals surface area contributed by atoms with Crippen molar-refractivity contribution in [1.82, 2.24) is 5.32 Å². The summed E-state index contributed by atoms with van der Waals surface area (Å²) < 4.78 is 10.2. The van der Waals surface area contributed by atoms with Gasteiger partial charge in [-0.3, -0.25) is 4.79 Å². The van der Waals surface area contributed by atoms with Gasteiger partial charge in [0.1, 0.15) is 5.76 Å². The normalized spacial score (nSPS) is 11.7. The van der Waals surface area contributed by atoms with Crippen molar-refractivity contribution in [2.45, 2.75) is 26.2 Å². The lowest BCUT2D eigenvalue weighted by Crippen LogP contribution is -2.35. The van der Waals surface area contributed by atoms with Gasteiger partial charge in [-0.2, -0.15) is 0 Å². The second-order valence-corrected chi connectivity index (χ2v) is 4.70. The molecule has 0 aliphatic rings. The fourth-order valence-electron chi connectivity index (χ4n) is 1.76. The van der Waals surface area contributed by atoms with Gasteiger partial charge in [0.25, 0.3) is 5.91 Å². The van der Waals surface area contributed by atoms with E-state index in [0.717, 1.165) is 0 Å². The van der Waals surface area contributed by atoms with Crippen molar-refractivity contribution in [1.29, 1.82) is 0 Å². The summed E-state index contributed by atoms with van der Waals surface area (Å²) in [5, 5.41) is 11.6. The number of furan rings is 1. The zero-order valence-electron chi connectivity index (χ0n) is 12.1. The maximum atomic E-state index is 11.9. The van der Waals surface area contributed by atoms with Gasteiger partial charge in [-0.25, -0.2) is 4.79 Å². The highest BCUT2D eigenvalue weighted by atomic mass is 16.5. The number of aliphatic hydroxyl groups is 1. The SMILES string of the molecule is C[C@@H](OC(=O)c1ccc(CO)cc1)C(=O)NCc1ccco1. The third-order valence-electron chi connectivity index (χ3n) is 3.04.